The van der Waals surface area contributed by atoms with Crippen molar-refractivity contribution < 1.29 is 9.53 Å². The minimum atomic E-state index is -0.426. The van der Waals surface area contributed by atoms with Crippen LogP contribution < -0.4 is 0 Å². The van der Waals surface area contributed by atoms with Crippen molar-refractivity contribution in [3.05, 3.63) is 95.8 Å². The molecule has 0 amide bonds. The fourth-order valence-corrected chi connectivity index (χ4v) is 2.90. The Hall–Kier alpha value is -3.91. The number of aromatic nitrogens is 2. The highest BCUT2D eigenvalue weighted by Crippen LogP contribution is 2.19. The molecular formula is C22H15N3O2. The molecule has 0 unspecified atom stereocenters. The maximum atomic E-state index is 12.3. The summed E-state index contributed by atoms with van der Waals surface area (Å²) in [6.07, 6.45) is 1.76. The largest absolute Gasteiger partial charge is 0.457 e. The summed E-state index contributed by atoms with van der Waals surface area (Å²) < 4.78 is 7.31. The van der Waals surface area contributed by atoms with Gasteiger partial charge in [-0.3, -0.25) is 4.57 Å². The summed E-state index contributed by atoms with van der Waals surface area (Å²) in [5.41, 5.74) is 4.48. The van der Waals surface area contributed by atoms with Crippen LogP contribution in [0.5, 0.6) is 0 Å². The van der Waals surface area contributed by atoms with Gasteiger partial charge in [0.1, 0.15) is 12.9 Å². The Morgan fingerprint density at radius 3 is 2.56 bits per heavy atom. The van der Waals surface area contributed by atoms with E-state index >= 15 is 0 Å². The van der Waals surface area contributed by atoms with Crippen LogP contribution in [0.3, 0.4) is 0 Å². The lowest BCUT2D eigenvalue weighted by Gasteiger charge is -2.08. The Labute approximate surface area is 156 Å². The first-order valence-corrected chi connectivity index (χ1v) is 8.44. The highest BCUT2D eigenvalue weighted by molar-refractivity contribution is 5.89. The van der Waals surface area contributed by atoms with Crippen LogP contribution in [0.2, 0.25) is 0 Å². The molecule has 0 radical (unpaired) electrons. The third-order valence-corrected chi connectivity index (χ3v) is 4.33. The van der Waals surface area contributed by atoms with Crippen molar-refractivity contribution in [3.63, 3.8) is 0 Å². The van der Waals surface area contributed by atoms with Gasteiger partial charge in [0.2, 0.25) is 0 Å². The third kappa shape index (κ3) is 3.29. The molecule has 3 aromatic carbocycles. The second-order valence-corrected chi connectivity index (χ2v) is 6.00. The molecule has 0 N–H and O–H groups in total. The monoisotopic (exact) mass is 353 g/mol. The van der Waals surface area contributed by atoms with Crippen molar-refractivity contribution in [2.45, 2.75) is 6.61 Å². The summed E-state index contributed by atoms with van der Waals surface area (Å²) in [7, 11) is 0. The van der Waals surface area contributed by atoms with Gasteiger partial charge in [0.25, 0.3) is 0 Å². The van der Waals surface area contributed by atoms with E-state index in [1.54, 1.807) is 36.7 Å². The zero-order chi connectivity index (χ0) is 18.6. The molecule has 0 aliphatic rings. The van der Waals surface area contributed by atoms with E-state index in [-0.39, 0.29) is 6.61 Å². The summed E-state index contributed by atoms with van der Waals surface area (Å²) >= 11 is 0. The lowest BCUT2D eigenvalue weighted by Crippen LogP contribution is -2.06. The fourth-order valence-electron chi connectivity index (χ4n) is 2.90. The molecule has 130 valence electrons. The summed E-state index contributed by atoms with van der Waals surface area (Å²) in [5.74, 6) is -0.426. The number of carbonyl (C=O) groups excluding carboxylic acids is 1. The van der Waals surface area contributed by atoms with Crippen molar-refractivity contribution in [1.82, 2.24) is 9.55 Å². The predicted octanol–water partition coefficient (Wildman–Crippen LogP) is 4.25. The highest BCUT2D eigenvalue weighted by Gasteiger charge is 2.10. The maximum Gasteiger partial charge on any atom is 0.338 e. The standard InChI is InChI=1S/C22H15N3O2/c23-13-17-5-1-2-6-18(17)14-27-22(26)16-9-11-19(12-10-16)25-15-24-20-7-3-4-8-21(20)25/h1-12,15H,14H2. The van der Waals surface area contributed by atoms with Crippen molar-refractivity contribution in [1.29, 1.82) is 5.26 Å². The van der Waals surface area contributed by atoms with E-state index in [2.05, 4.69) is 11.1 Å². The van der Waals surface area contributed by atoms with Gasteiger partial charge in [-0.1, -0.05) is 30.3 Å². The van der Waals surface area contributed by atoms with Gasteiger partial charge >= 0.3 is 5.97 Å². The minimum absolute atomic E-state index is 0.0659. The normalized spacial score (nSPS) is 10.5. The molecule has 0 aliphatic heterocycles. The van der Waals surface area contributed by atoms with Crippen molar-refractivity contribution in [2.24, 2.45) is 0 Å². The Balaban J connectivity index is 1.50. The molecule has 5 heteroatoms. The molecule has 27 heavy (non-hydrogen) atoms. The van der Waals surface area contributed by atoms with Crippen LogP contribution in [-0.4, -0.2) is 15.5 Å². The van der Waals surface area contributed by atoms with Gasteiger partial charge < -0.3 is 4.74 Å². The number of nitrogens with zero attached hydrogens (tertiary/aromatic N) is 3. The van der Waals surface area contributed by atoms with Crippen LogP contribution in [0.25, 0.3) is 16.7 Å². The second kappa shape index (κ2) is 7.14. The molecule has 0 saturated carbocycles. The average molecular weight is 353 g/mol. The van der Waals surface area contributed by atoms with Gasteiger partial charge in [-0.25, -0.2) is 9.78 Å². The van der Waals surface area contributed by atoms with E-state index in [4.69, 9.17) is 10.00 Å². The molecule has 5 nitrogen and oxygen atoms in total. The van der Waals surface area contributed by atoms with E-state index in [0.29, 0.717) is 16.7 Å². The molecule has 4 rings (SSSR count). The number of carbonyl (C=O) groups is 1. The van der Waals surface area contributed by atoms with Gasteiger partial charge in [0, 0.05) is 11.3 Å². The molecule has 0 aliphatic carbocycles. The van der Waals surface area contributed by atoms with Crippen molar-refractivity contribution in [2.75, 3.05) is 0 Å². The predicted molar refractivity (Wildman–Crippen MR) is 101 cm³/mol. The van der Waals surface area contributed by atoms with Crippen LogP contribution in [0.15, 0.2) is 79.1 Å². The second-order valence-electron chi connectivity index (χ2n) is 6.00. The summed E-state index contributed by atoms with van der Waals surface area (Å²) in [4.78, 5) is 16.7. The number of esters is 1. The van der Waals surface area contributed by atoms with Crippen LogP contribution in [0, 0.1) is 11.3 Å². The number of nitriles is 1. The number of para-hydroxylation sites is 2. The van der Waals surface area contributed by atoms with Crippen molar-refractivity contribution >= 4 is 17.0 Å². The van der Waals surface area contributed by atoms with Gasteiger partial charge in [0.05, 0.1) is 28.2 Å². The smallest absolute Gasteiger partial charge is 0.338 e. The number of hydrogen-bond acceptors (Lipinski definition) is 4. The average Bonchev–Trinajstić information content (AvgIpc) is 3.16. The molecular weight excluding hydrogens is 338 g/mol. The lowest BCUT2D eigenvalue weighted by molar-refractivity contribution is 0.0472. The Morgan fingerprint density at radius 2 is 1.74 bits per heavy atom. The Bertz CT molecular complexity index is 1150. The summed E-state index contributed by atoms with van der Waals surface area (Å²) in [6.45, 7) is 0.0659. The molecule has 0 atom stereocenters. The van der Waals surface area contributed by atoms with Gasteiger partial charge in [-0.05, 0) is 42.5 Å². The summed E-state index contributed by atoms with van der Waals surface area (Å²) in [6, 6.07) is 24.2. The number of ether oxygens (including phenoxy) is 1. The third-order valence-electron chi connectivity index (χ3n) is 4.33. The number of benzene rings is 3. The summed E-state index contributed by atoms with van der Waals surface area (Å²) in [5, 5.41) is 9.10. The topological polar surface area (TPSA) is 67.9 Å². The molecule has 0 saturated heterocycles. The van der Waals surface area contributed by atoms with E-state index in [1.807, 2.05) is 47.0 Å². The first-order valence-electron chi connectivity index (χ1n) is 8.44. The number of fused-ring (bicyclic) bond motifs is 1. The Kier molecular flexibility index (Phi) is 4.38. The van der Waals surface area contributed by atoms with Gasteiger partial charge in [-0.2, -0.15) is 5.26 Å². The molecule has 4 aromatic rings. The van der Waals surface area contributed by atoms with Crippen LogP contribution in [0.4, 0.5) is 0 Å². The van der Waals surface area contributed by atoms with Crippen molar-refractivity contribution in [3.8, 4) is 11.8 Å². The fraction of sp³-hybridized carbons (Fsp3) is 0.0455. The number of imidazole rings is 1. The van der Waals surface area contributed by atoms with Crippen LogP contribution >= 0.6 is 0 Å². The minimum Gasteiger partial charge on any atom is -0.457 e. The lowest BCUT2D eigenvalue weighted by atomic mass is 10.1. The quantitative estimate of drug-likeness (QED) is 0.514. The molecule has 1 heterocycles. The SMILES string of the molecule is N#Cc1ccccc1COC(=O)c1ccc(-n2cnc3ccccc32)cc1. The molecule has 0 spiro atoms. The number of hydrogen-bond donors (Lipinski definition) is 0. The van der Waals surface area contributed by atoms with E-state index < -0.39 is 5.97 Å². The highest BCUT2D eigenvalue weighted by atomic mass is 16.5. The first kappa shape index (κ1) is 16.6. The van der Waals surface area contributed by atoms with E-state index in [9.17, 15) is 4.79 Å². The van der Waals surface area contributed by atoms with Crippen LogP contribution in [0.1, 0.15) is 21.5 Å². The zero-order valence-electron chi connectivity index (χ0n) is 14.4. The van der Waals surface area contributed by atoms with E-state index in [0.717, 1.165) is 16.7 Å². The van der Waals surface area contributed by atoms with E-state index in [1.165, 1.54) is 0 Å². The first-order chi connectivity index (χ1) is 13.3. The Morgan fingerprint density at radius 1 is 1.00 bits per heavy atom. The number of rotatable bonds is 4. The molecule has 1 aromatic heterocycles. The maximum absolute atomic E-state index is 12.3. The van der Waals surface area contributed by atoms with Gasteiger partial charge in [0.15, 0.2) is 0 Å². The zero-order valence-corrected chi connectivity index (χ0v) is 14.4. The van der Waals surface area contributed by atoms with Gasteiger partial charge in [-0.15, -0.1) is 0 Å². The van der Waals surface area contributed by atoms with Crippen LogP contribution in [-0.2, 0) is 11.3 Å². The molecule has 0 fully saturated rings. The molecule has 0 bridgehead atoms.